The van der Waals surface area contributed by atoms with Crippen molar-refractivity contribution in [3.63, 3.8) is 0 Å². The van der Waals surface area contributed by atoms with Crippen LogP contribution in [0.15, 0.2) is 12.1 Å². The van der Waals surface area contributed by atoms with Crippen molar-refractivity contribution in [3.8, 4) is 0 Å². The summed E-state index contributed by atoms with van der Waals surface area (Å²) in [6, 6.07) is 2.99. The molecular formula is C10H16ClN3O3S. The third-order valence-electron chi connectivity index (χ3n) is 2.12. The van der Waals surface area contributed by atoms with Gasteiger partial charge in [0.05, 0.1) is 9.80 Å². The molecule has 0 unspecified atom stereocenters. The Balaban J connectivity index is 0.00000289. The van der Waals surface area contributed by atoms with Crippen LogP contribution in [0.4, 0.5) is 5.00 Å². The Morgan fingerprint density at radius 3 is 2.72 bits per heavy atom. The molecular weight excluding hydrogens is 278 g/mol. The number of nitrogens with zero attached hydrogens (tertiary/aromatic N) is 1. The zero-order valence-electron chi connectivity index (χ0n) is 10.1. The van der Waals surface area contributed by atoms with Gasteiger partial charge in [0.1, 0.15) is 0 Å². The first-order valence-electron chi connectivity index (χ1n) is 5.30. The molecule has 1 aromatic heterocycles. The summed E-state index contributed by atoms with van der Waals surface area (Å²) in [5.74, 6) is -0.271. The summed E-state index contributed by atoms with van der Waals surface area (Å²) in [6.45, 7) is 5.28. The molecule has 8 heteroatoms. The van der Waals surface area contributed by atoms with E-state index in [0.29, 0.717) is 11.4 Å². The van der Waals surface area contributed by atoms with Gasteiger partial charge in [0, 0.05) is 18.7 Å². The molecule has 1 amide bonds. The molecule has 0 bridgehead atoms. The molecule has 0 radical (unpaired) electrons. The minimum atomic E-state index is -0.497. The molecule has 2 N–H and O–H groups in total. The summed E-state index contributed by atoms with van der Waals surface area (Å²) in [4.78, 5) is 22.0. The second kappa shape index (κ2) is 8.02. The Kier molecular flexibility index (Phi) is 7.49. The lowest BCUT2D eigenvalue weighted by Crippen LogP contribution is -2.38. The summed E-state index contributed by atoms with van der Waals surface area (Å²) >= 11 is 0.883. The smallest absolute Gasteiger partial charge is 0.324 e. The van der Waals surface area contributed by atoms with E-state index in [2.05, 4.69) is 10.6 Å². The molecule has 0 saturated carbocycles. The van der Waals surface area contributed by atoms with Crippen LogP contribution in [0.3, 0.4) is 0 Å². The molecule has 1 aromatic rings. The summed E-state index contributed by atoms with van der Waals surface area (Å²) in [5, 5.41) is 16.3. The molecule has 0 aliphatic heterocycles. The number of nitro groups is 1. The Morgan fingerprint density at radius 1 is 1.56 bits per heavy atom. The molecule has 102 valence electrons. The number of likely N-dealkylation sites (N-methyl/N-ethyl adjacent to an activating group) is 1. The average molecular weight is 294 g/mol. The Hall–Kier alpha value is -1.18. The molecule has 6 nitrogen and oxygen atoms in total. The van der Waals surface area contributed by atoms with Gasteiger partial charge in [-0.25, -0.2) is 0 Å². The van der Waals surface area contributed by atoms with Crippen molar-refractivity contribution < 1.29 is 9.72 Å². The quantitative estimate of drug-likeness (QED) is 0.619. The van der Waals surface area contributed by atoms with Crippen LogP contribution in [-0.2, 0) is 0 Å². The van der Waals surface area contributed by atoms with E-state index in [-0.39, 0.29) is 29.4 Å². The van der Waals surface area contributed by atoms with Gasteiger partial charge in [-0.05, 0) is 19.5 Å². The van der Waals surface area contributed by atoms with Crippen molar-refractivity contribution in [2.45, 2.75) is 19.9 Å². The van der Waals surface area contributed by atoms with Crippen LogP contribution in [-0.4, -0.2) is 30.0 Å². The average Bonchev–Trinajstić information content (AvgIpc) is 2.75. The molecule has 0 spiro atoms. The summed E-state index contributed by atoms with van der Waals surface area (Å²) < 4.78 is 0. The number of halogens is 1. The third-order valence-corrected chi connectivity index (χ3v) is 3.15. The minimum absolute atomic E-state index is 0. The zero-order valence-corrected chi connectivity index (χ0v) is 11.8. The number of rotatable bonds is 6. The van der Waals surface area contributed by atoms with Gasteiger partial charge in [-0.15, -0.1) is 12.4 Å². The van der Waals surface area contributed by atoms with Crippen molar-refractivity contribution in [2.75, 3.05) is 13.1 Å². The van der Waals surface area contributed by atoms with Gasteiger partial charge in [0.25, 0.3) is 5.91 Å². The highest BCUT2D eigenvalue weighted by molar-refractivity contribution is 7.17. The Morgan fingerprint density at radius 2 is 2.22 bits per heavy atom. The number of thiophene rings is 1. The fourth-order valence-electron chi connectivity index (χ4n) is 1.30. The van der Waals surface area contributed by atoms with Crippen LogP contribution >= 0.6 is 23.7 Å². The van der Waals surface area contributed by atoms with Gasteiger partial charge in [-0.1, -0.05) is 18.3 Å². The molecule has 18 heavy (non-hydrogen) atoms. The Labute approximate surface area is 115 Å². The van der Waals surface area contributed by atoms with Crippen LogP contribution in [0.2, 0.25) is 0 Å². The highest BCUT2D eigenvalue weighted by Crippen LogP contribution is 2.23. The topological polar surface area (TPSA) is 84.3 Å². The van der Waals surface area contributed by atoms with Crippen LogP contribution in [0.5, 0.6) is 0 Å². The SMILES string of the molecule is CCN[C@H](C)CNC(=O)c1ccc([N+](=O)[O-])s1.Cl. The fraction of sp³-hybridized carbons (Fsp3) is 0.500. The van der Waals surface area contributed by atoms with Crippen LogP contribution in [0.1, 0.15) is 23.5 Å². The van der Waals surface area contributed by atoms with E-state index in [9.17, 15) is 14.9 Å². The number of carbonyl (C=O) groups excluding carboxylic acids is 1. The molecule has 1 heterocycles. The molecule has 1 rings (SSSR count). The van der Waals surface area contributed by atoms with Crippen molar-refractivity contribution in [1.29, 1.82) is 0 Å². The van der Waals surface area contributed by atoms with E-state index in [1.54, 1.807) is 0 Å². The van der Waals surface area contributed by atoms with E-state index < -0.39 is 4.92 Å². The van der Waals surface area contributed by atoms with Crippen molar-refractivity contribution in [1.82, 2.24) is 10.6 Å². The van der Waals surface area contributed by atoms with Crippen molar-refractivity contribution >= 4 is 34.7 Å². The standard InChI is InChI=1S/C10H15N3O3S.ClH/c1-3-11-7(2)6-12-10(14)8-4-5-9(17-8)13(15)16;/h4-5,7,11H,3,6H2,1-2H3,(H,12,14);1H/t7-;/m1./s1. The fourth-order valence-corrected chi connectivity index (χ4v) is 2.04. The minimum Gasteiger partial charge on any atom is -0.350 e. The van der Waals surface area contributed by atoms with E-state index in [0.717, 1.165) is 17.9 Å². The molecule has 0 fully saturated rings. The second-order valence-electron chi connectivity index (χ2n) is 3.56. The van der Waals surface area contributed by atoms with Crippen LogP contribution in [0.25, 0.3) is 0 Å². The molecule has 0 aliphatic carbocycles. The van der Waals surface area contributed by atoms with Crippen LogP contribution in [0, 0.1) is 10.1 Å². The van der Waals surface area contributed by atoms with Gasteiger partial charge >= 0.3 is 5.00 Å². The van der Waals surface area contributed by atoms with Gasteiger partial charge in [-0.3, -0.25) is 14.9 Å². The first-order chi connectivity index (χ1) is 8.04. The van der Waals surface area contributed by atoms with E-state index >= 15 is 0 Å². The van der Waals surface area contributed by atoms with Gasteiger partial charge < -0.3 is 10.6 Å². The largest absolute Gasteiger partial charge is 0.350 e. The van der Waals surface area contributed by atoms with Gasteiger partial charge in [0.15, 0.2) is 0 Å². The number of hydrogen-bond donors (Lipinski definition) is 2. The maximum atomic E-state index is 11.6. The number of carbonyl (C=O) groups is 1. The first-order valence-corrected chi connectivity index (χ1v) is 6.12. The normalized spacial score (nSPS) is 11.4. The number of amides is 1. The van der Waals surface area contributed by atoms with E-state index in [1.807, 2.05) is 13.8 Å². The number of nitrogens with one attached hydrogen (secondary N) is 2. The second-order valence-corrected chi connectivity index (χ2v) is 4.63. The molecule has 0 aliphatic rings. The van der Waals surface area contributed by atoms with Crippen molar-refractivity contribution in [3.05, 3.63) is 27.1 Å². The number of hydrogen-bond acceptors (Lipinski definition) is 5. The summed E-state index contributed by atoms with van der Waals surface area (Å²) in [5.41, 5.74) is 0. The lowest BCUT2D eigenvalue weighted by atomic mass is 10.3. The maximum Gasteiger partial charge on any atom is 0.324 e. The van der Waals surface area contributed by atoms with Gasteiger partial charge in [0.2, 0.25) is 0 Å². The lowest BCUT2D eigenvalue weighted by Gasteiger charge is -2.12. The molecule has 0 saturated heterocycles. The lowest BCUT2D eigenvalue weighted by molar-refractivity contribution is -0.380. The maximum absolute atomic E-state index is 11.6. The van der Waals surface area contributed by atoms with Crippen molar-refractivity contribution in [2.24, 2.45) is 0 Å². The summed E-state index contributed by atoms with van der Waals surface area (Å²) in [6.07, 6.45) is 0. The summed E-state index contributed by atoms with van der Waals surface area (Å²) in [7, 11) is 0. The third kappa shape index (κ3) is 4.99. The van der Waals surface area contributed by atoms with Gasteiger partial charge in [-0.2, -0.15) is 0 Å². The highest BCUT2D eigenvalue weighted by Gasteiger charge is 2.15. The van der Waals surface area contributed by atoms with Crippen LogP contribution < -0.4 is 10.6 Å². The monoisotopic (exact) mass is 293 g/mol. The predicted octanol–water partition coefficient (Wildman–Crippen LogP) is 1.81. The first kappa shape index (κ1) is 16.8. The molecule has 1 atom stereocenters. The predicted molar refractivity (Wildman–Crippen MR) is 73.7 cm³/mol. The van der Waals surface area contributed by atoms with E-state index in [1.165, 1.54) is 12.1 Å². The van der Waals surface area contributed by atoms with E-state index in [4.69, 9.17) is 0 Å². The molecule has 0 aromatic carbocycles. The highest BCUT2D eigenvalue weighted by atomic mass is 35.5. The Bertz CT molecular complexity index is 411. The zero-order chi connectivity index (χ0) is 12.8.